The molecule has 1 heterocycles. The van der Waals surface area contributed by atoms with E-state index in [9.17, 15) is 0 Å². The number of nitrogens with zero attached hydrogens (tertiary/aromatic N) is 1. The fourth-order valence-electron chi connectivity index (χ4n) is 0.390. The van der Waals surface area contributed by atoms with Crippen LogP contribution in [-0.4, -0.2) is 4.98 Å². The Morgan fingerprint density at radius 1 is 1.71 bits per heavy atom. The van der Waals surface area contributed by atoms with Crippen molar-refractivity contribution in [3.63, 3.8) is 0 Å². The summed E-state index contributed by atoms with van der Waals surface area (Å²) in [5.41, 5.74) is 6.45. The first kappa shape index (κ1) is 4.05. The summed E-state index contributed by atoms with van der Waals surface area (Å²) >= 11 is 0. The lowest BCUT2D eigenvalue weighted by Gasteiger charge is -1.72. The molecule has 1 aromatic rings. The minimum atomic E-state index is 0.597. The lowest BCUT2D eigenvalue weighted by molar-refractivity contribution is 1.11. The van der Waals surface area contributed by atoms with E-state index in [1.165, 1.54) is 0 Å². The van der Waals surface area contributed by atoms with E-state index < -0.39 is 0 Å². The monoisotopic (exact) mass is 95.0 g/mol. The lowest BCUT2D eigenvalue weighted by Crippen LogP contribution is -1.51. The molecule has 0 aliphatic carbocycles. The molecule has 0 unspecified atom stereocenters. The molecule has 0 bridgehead atoms. The average molecular weight is 95.1 g/mol. The van der Waals surface area contributed by atoms with Gasteiger partial charge < -0.3 is 4.98 Å². The van der Waals surface area contributed by atoms with Crippen LogP contribution >= 0.6 is 0 Å². The molecular formula is C4H5N3. The van der Waals surface area contributed by atoms with Gasteiger partial charge in [-0.05, 0) is 12.1 Å². The highest BCUT2D eigenvalue weighted by molar-refractivity contribution is 5.24. The summed E-state index contributed by atoms with van der Waals surface area (Å²) in [6, 6.07) is 3.53. The van der Waals surface area contributed by atoms with Gasteiger partial charge in [0.1, 0.15) is 0 Å². The Morgan fingerprint density at radius 2 is 2.57 bits per heavy atom. The van der Waals surface area contributed by atoms with Crippen LogP contribution in [0.4, 0.5) is 5.82 Å². The molecule has 0 spiro atoms. The molecule has 1 rings (SSSR count). The van der Waals surface area contributed by atoms with Crippen LogP contribution in [0.1, 0.15) is 0 Å². The Bertz CT molecular complexity index is 142. The first-order valence-electron chi connectivity index (χ1n) is 1.94. The summed E-state index contributed by atoms with van der Waals surface area (Å²) in [6.07, 6.45) is 1.73. The van der Waals surface area contributed by atoms with Gasteiger partial charge in [0.15, 0.2) is 5.82 Å². The Labute approximate surface area is 40.9 Å². The van der Waals surface area contributed by atoms with Crippen LogP contribution < -0.4 is 0 Å². The molecule has 0 aromatic carbocycles. The Kier molecular flexibility index (Phi) is 0.898. The number of H-pyrrole nitrogens is 1. The molecule has 0 radical (unpaired) electrons. The van der Waals surface area contributed by atoms with E-state index in [1.54, 1.807) is 18.3 Å². The highest BCUT2D eigenvalue weighted by Crippen LogP contribution is 2.03. The number of aromatic amines is 1. The van der Waals surface area contributed by atoms with Crippen molar-refractivity contribution in [1.82, 2.24) is 4.98 Å². The zero-order chi connectivity index (χ0) is 5.11. The fourth-order valence-corrected chi connectivity index (χ4v) is 0.390. The highest BCUT2D eigenvalue weighted by Gasteiger charge is 1.79. The molecule has 0 atom stereocenters. The number of rotatable bonds is 1. The van der Waals surface area contributed by atoms with Crippen molar-refractivity contribution >= 4 is 5.82 Å². The van der Waals surface area contributed by atoms with E-state index in [0.717, 1.165) is 0 Å². The van der Waals surface area contributed by atoms with E-state index in [0.29, 0.717) is 5.82 Å². The minimum absolute atomic E-state index is 0.597. The van der Waals surface area contributed by atoms with Gasteiger partial charge in [0.25, 0.3) is 0 Å². The Morgan fingerprint density at radius 3 is 2.86 bits per heavy atom. The Hall–Kier alpha value is -1.12. The molecule has 2 N–H and O–H groups in total. The largest absolute Gasteiger partial charge is 0.345 e. The van der Waals surface area contributed by atoms with Gasteiger partial charge in [-0.15, -0.1) is 5.11 Å². The van der Waals surface area contributed by atoms with E-state index in [2.05, 4.69) is 10.1 Å². The van der Waals surface area contributed by atoms with Crippen LogP contribution in [0.3, 0.4) is 0 Å². The zero-order valence-corrected chi connectivity index (χ0v) is 3.68. The van der Waals surface area contributed by atoms with Crippen molar-refractivity contribution in [3.05, 3.63) is 18.3 Å². The van der Waals surface area contributed by atoms with E-state index in [-0.39, 0.29) is 0 Å². The zero-order valence-electron chi connectivity index (χ0n) is 3.68. The van der Waals surface area contributed by atoms with Crippen molar-refractivity contribution in [2.45, 2.75) is 0 Å². The molecule has 7 heavy (non-hydrogen) atoms. The summed E-state index contributed by atoms with van der Waals surface area (Å²) in [4.78, 5) is 2.73. The van der Waals surface area contributed by atoms with Crippen molar-refractivity contribution < 1.29 is 0 Å². The van der Waals surface area contributed by atoms with Crippen LogP contribution in [0.15, 0.2) is 23.4 Å². The summed E-state index contributed by atoms with van der Waals surface area (Å²) < 4.78 is 0. The molecule has 3 nitrogen and oxygen atoms in total. The SMILES string of the molecule is N=Nc1ccc[nH]1. The normalized spacial score (nSPS) is 8.57. The molecular weight excluding hydrogens is 90.1 g/mol. The molecule has 36 valence electrons. The Balaban J connectivity index is 2.96. The van der Waals surface area contributed by atoms with E-state index >= 15 is 0 Å². The standard InChI is InChI=1S/C4H5N3/c5-7-4-2-1-3-6-4/h1-3,5-6H. The predicted molar refractivity (Wildman–Crippen MR) is 25.6 cm³/mol. The van der Waals surface area contributed by atoms with Crippen molar-refractivity contribution in [3.8, 4) is 0 Å². The van der Waals surface area contributed by atoms with Gasteiger partial charge in [-0.1, -0.05) is 0 Å². The summed E-state index contributed by atoms with van der Waals surface area (Å²) in [5, 5.41) is 3.12. The molecule has 3 heteroatoms. The van der Waals surface area contributed by atoms with Gasteiger partial charge >= 0.3 is 0 Å². The van der Waals surface area contributed by atoms with Crippen LogP contribution in [0.2, 0.25) is 0 Å². The van der Waals surface area contributed by atoms with Crippen molar-refractivity contribution in [2.24, 2.45) is 5.11 Å². The number of nitrogens with one attached hydrogen (secondary N) is 2. The van der Waals surface area contributed by atoms with Gasteiger partial charge in [-0.25, -0.2) is 5.53 Å². The van der Waals surface area contributed by atoms with Crippen molar-refractivity contribution in [2.75, 3.05) is 0 Å². The van der Waals surface area contributed by atoms with Crippen LogP contribution in [0.5, 0.6) is 0 Å². The van der Waals surface area contributed by atoms with Gasteiger partial charge in [-0.2, -0.15) is 0 Å². The van der Waals surface area contributed by atoms with Crippen LogP contribution in [0.25, 0.3) is 0 Å². The summed E-state index contributed by atoms with van der Waals surface area (Å²) in [6.45, 7) is 0. The average Bonchev–Trinajstić information content (AvgIpc) is 2.14. The molecule has 0 aliphatic heterocycles. The molecule has 0 fully saturated rings. The fraction of sp³-hybridized carbons (Fsp3) is 0. The first-order valence-corrected chi connectivity index (χ1v) is 1.94. The molecule has 0 saturated heterocycles. The number of hydrogen-bond acceptors (Lipinski definition) is 2. The lowest BCUT2D eigenvalue weighted by atomic mass is 10.6. The van der Waals surface area contributed by atoms with Gasteiger partial charge in [-0.3, -0.25) is 0 Å². The maximum atomic E-state index is 6.45. The maximum Gasteiger partial charge on any atom is 0.151 e. The molecule has 1 aromatic heterocycles. The second kappa shape index (κ2) is 1.55. The maximum absolute atomic E-state index is 6.45. The quantitative estimate of drug-likeness (QED) is 0.498. The van der Waals surface area contributed by atoms with Gasteiger partial charge in [0, 0.05) is 6.20 Å². The number of aromatic nitrogens is 1. The topological polar surface area (TPSA) is 52.0 Å². The third kappa shape index (κ3) is 0.652. The highest BCUT2D eigenvalue weighted by atomic mass is 15.0. The third-order valence-electron chi connectivity index (χ3n) is 0.702. The van der Waals surface area contributed by atoms with E-state index in [1.807, 2.05) is 0 Å². The van der Waals surface area contributed by atoms with Crippen LogP contribution in [-0.2, 0) is 0 Å². The van der Waals surface area contributed by atoms with Gasteiger partial charge in [0.2, 0.25) is 0 Å². The number of hydrogen-bond donors (Lipinski definition) is 2. The second-order valence-corrected chi connectivity index (χ2v) is 1.17. The van der Waals surface area contributed by atoms with Crippen LogP contribution in [0, 0.1) is 5.53 Å². The molecule has 0 amide bonds. The summed E-state index contributed by atoms with van der Waals surface area (Å²) in [7, 11) is 0. The molecule has 0 aliphatic rings. The summed E-state index contributed by atoms with van der Waals surface area (Å²) in [5.74, 6) is 0.597. The van der Waals surface area contributed by atoms with Gasteiger partial charge in [0.05, 0.1) is 0 Å². The second-order valence-electron chi connectivity index (χ2n) is 1.17. The van der Waals surface area contributed by atoms with Crippen molar-refractivity contribution in [1.29, 1.82) is 5.53 Å². The smallest absolute Gasteiger partial charge is 0.151 e. The predicted octanol–water partition coefficient (Wildman–Crippen LogP) is 1.68. The third-order valence-corrected chi connectivity index (χ3v) is 0.702. The minimum Gasteiger partial charge on any atom is -0.345 e. The van der Waals surface area contributed by atoms with E-state index in [4.69, 9.17) is 5.53 Å². The first-order chi connectivity index (χ1) is 3.43. The molecule has 0 saturated carbocycles.